The van der Waals surface area contributed by atoms with E-state index in [1.165, 1.54) is 7.11 Å². The lowest BCUT2D eigenvalue weighted by Gasteiger charge is -2.38. The van der Waals surface area contributed by atoms with Crippen LogP contribution in [0, 0.1) is 5.92 Å². The minimum atomic E-state index is -2.16. The van der Waals surface area contributed by atoms with Crippen molar-refractivity contribution in [3.63, 3.8) is 0 Å². The molecule has 3 aromatic rings. The molecule has 422 valence electrons. The van der Waals surface area contributed by atoms with E-state index in [-0.39, 0.29) is 70.5 Å². The highest BCUT2D eigenvalue weighted by Gasteiger charge is 2.45. The quantitative estimate of drug-likeness (QED) is 0.0170. The number of ether oxygens (including phenoxy) is 4. The summed E-state index contributed by atoms with van der Waals surface area (Å²) in [5, 5.41) is 8.97. The van der Waals surface area contributed by atoms with Gasteiger partial charge in [0, 0.05) is 62.4 Å². The maximum absolute atomic E-state index is 14.3. The normalized spacial score (nSPS) is 15.4. The summed E-state index contributed by atoms with van der Waals surface area (Å²) < 4.78 is 30.0. The van der Waals surface area contributed by atoms with Crippen LogP contribution in [0.25, 0.3) is 0 Å². The predicted octanol–water partition coefficient (Wildman–Crippen LogP) is 11.0. The Kier molecular flexibility index (Phi) is 26.7. The first-order valence-corrected chi connectivity index (χ1v) is 32.5. The van der Waals surface area contributed by atoms with Gasteiger partial charge in [-0.2, -0.15) is 0 Å². The molecule has 0 bridgehead atoms. The number of rotatable bonds is 34. The third-order valence-electron chi connectivity index (χ3n) is 14.6. The van der Waals surface area contributed by atoms with Crippen molar-refractivity contribution in [2.45, 2.75) is 166 Å². The average molecular weight is 1110 g/mol. The second-order valence-electron chi connectivity index (χ2n) is 22.1. The third-order valence-corrected chi connectivity index (χ3v) is 22.5. The van der Waals surface area contributed by atoms with Crippen LogP contribution in [0.4, 0.5) is 0 Å². The zero-order valence-corrected chi connectivity index (χ0v) is 50.2. The van der Waals surface area contributed by atoms with Crippen LogP contribution in [0.3, 0.4) is 0 Å². The zero-order valence-electron chi connectivity index (χ0n) is 47.5. The van der Waals surface area contributed by atoms with Gasteiger partial charge in [0.2, 0.25) is 23.6 Å². The van der Waals surface area contributed by atoms with Crippen LogP contribution in [0.2, 0.25) is 18.1 Å². The molecule has 1 aliphatic heterocycles. The van der Waals surface area contributed by atoms with Gasteiger partial charge >= 0.3 is 5.97 Å². The molecule has 0 unspecified atom stereocenters. The number of esters is 1. The Morgan fingerprint density at radius 2 is 1.20 bits per heavy atom. The fraction of sp³-hybridized carbons (Fsp3) is 0.610. The maximum Gasteiger partial charge on any atom is 0.308 e. The minimum absolute atomic E-state index is 0.0113. The molecule has 3 N–H and O–H groups in total. The van der Waals surface area contributed by atoms with Crippen LogP contribution in [-0.4, -0.2) is 120 Å². The van der Waals surface area contributed by atoms with Gasteiger partial charge in [0.1, 0.15) is 17.1 Å². The van der Waals surface area contributed by atoms with Gasteiger partial charge in [0.05, 0.1) is 46.0 Å². The number of nitrogens with zero attached hydrogens (tertiary/aromatic N) is 1. The number of nitrogens with one attached hydrogen (secondary N) is 3. The van der Waals surface area contributed by atoms with E-state index in [2.05, 4.69) is 75.8 Å². The molecular formula is C59H90N4O10S2Si. The summed E-state index contributed by atoms with van der Waals surface area (Å²) in [7, 11) is 5.94. The Morgan fingerprint density at radius 3 is 1.75 bits per heavy atom. The number of hydrogen-bond acceptors (Lipinski definition) is 12. The van der Waals surface area contributed by atoms with Crippen molar-refractivity contribution in [3.05, 3.63) is 95.6 Å². The smallest absolute Gasteiger partial charge is 0.308 e. The molecule has 3 atom stereocenters. The number of hydrogen-bond donors (Lipinski definition) is 3. The van der Waals surface area contributed by atoms with E-state index < -0.39 is 13.9 Å². The van der Waals surface area contributed by atoms with Crippen molar-refractivity contribution in [2.24, 2.45) is 5.92 Å². The Hall–Kier alpha value is -4.55. The van der Waals surface area contributed by atoms with Gasteiger partial charge in [0.15, 0.2) is 8.32 Å². The molecular weight excluding hydrogens is 1020 g/mol. The number of carbonyl (C=O) groups is 5. The fourth-order valence-electron chi connectivity index (χ4n) is 8.90. The zero-order chi connectivity index (χ0) is 55.8. The summed E-state index contributed by atoms with van der Waals surface area (Å²) in [4.78, 5) is 65.1. The first kappa shape index (κ1) is 64.0. The predicted molar refractivity (Wildman–Crippen MR) is 310 cm³/mol. The summed E-state index contributed by atoms with van der Waals surface area (Å²) in [6.45, 7) is 19.8. The Balaban J connectivity index is 1.21. The van der Waals surface area contributed by atoms with E-state index in [0.717, 1.165) is 72.5 Å². The minimum Gasteiger partial charge on any atom is -0.497 e. The molecule has 1 saturated heterocycles. The number of amides is 4. The van der Waals surface area contributed by atoms with Crippen LogP contribution in [-0.2, 0) is 43.5 Å². The molecule has 3 aromatic carbocycles. The van der Waals surface area contributed by atoms with Gasteiger partial charge in [-0.3, -0.25) is 24.0 Å². The SMILES string of the molecule is COC(=O)[C@H](C)CCC(=O)NCCCCCC(=O)NCCSSC(C)(C)CCC(=O)NCCCCCC(=O)N1C[C@H](O[Si](C)(C)C(C)(C)C)C[C@H]1COC(c1ccccc1)(c1ccc(OC)cc1)c1ccc(OC)cc1. The van der Waals surface area contributed by atoms with E-state index in [4.69, 9.17) is 23.4 Å². The van der Waals surface area contributed by atoms with Gasteiger partial charge in [-0.25, -0.2) is 0 Å². The average Bonchev–Trinajstić information content (AvgIpc) is 3.81. The van der Waals surface area contributed by atoms with Crippen LogP contribution in [0.1, 0.15) is 142 Å². The number of benzene rings is 3. The van der Waals surface area contributed by atoms with Crippen molar-refractivity contribution >= 4 is 59.5 Å². The van der Waals surface area contributed by atoms with Gasteiger partial charge in [-0.05, 0) is 118 Å². The molecule has 0 radical (unpaired) electrons. The summed E-state index contributed by atoms with van der Waals surface area (Å²) in [6, 6.07) is 26.0. The molecule has 1 fully saturated rings. The standard InChI is InChI=1S/C59H90N4O10S2Si/c1-44(56(68)71-9)25-34-53(65)60-37-19-13-17-23-52(64)62-39-40-74-75-58(5,6)36-35-54(66)61-38-20-14-18-24-55(67)63-42-51(73-76(10,11)57(2,3)4)41-48(63)43-72-59(45-21-15-12-16-22-45,46-26-30-49(69-7)31-27-46)47-28-32-50(70-8)33-29-47/h12,15-16,21-22,26-33,44,48,51H,13-14,17-20,23-25,34-43H2,1-11H3,(H,60,65)(H,61,66)(H,62,64)/t44-,48+,51-/m1/s1. The lowest BCUT2D eigenvalue weighted by atomic mass is 9.80. The van der Waals surface area contributed by atoms with Gasteiger partial charge in [-0.1, -0.05) is 117 Å². The highest BCUT2D eigenvalue weighted by molar-refractivity contribution is 8.77. The van der Waals surface area contributed by atoms with Crippen molar-refractivity contribution < 1.29 is 47.3 Å². The Labute approximate surface area is 463 Å². The van der Waals surface area contributed by atoms with Crippen molar-refractivity contribution in [2.75, 3.05) is 59.9 Å². The number of likely N-dealkylation sites (tertiary alicyclic amines) is 1. The lowest BCUT2D eigenvalue weighted by Crippen LogP contribution is -2.45. The van der Waals surface area contributed by atoms with Crippen molar-refractivity contribution in [1.82, 2.24) is 20.9 Å². The van der Waals surface area contributed by atoms with E-state index in [9.17, 15) is 24.0 Å². The Bertz CT molecular complexity index is 2200. The van der Waals surface area contributed by atoms with Gasteiger partial charge < -0.3 is 44.2 Å². The first-order chi connectivity index (χ1) is 36.1. The van der Waals surface area contributed by atoms with E-state index in [0.29, 0.717) is 64.7 Å². The molecule has 4 rings (SSSR count). The van der Waals surface area contributed by atoms with Gasteiger partial charge in [0.25, 0.3) is 0 Å². The van der Waals surface area contributed by atoms with E-state index in [1.807, 2.05) is 71.6 Å². The van der Waals surface area contributed by atoms with Crippen LogP contribution < -0.4 is 25.4 Å². The van der Waals surface area contributed by atoms with Gasteiger partial charge in [-0.15, -0.1) is 0 Å². The van der Waals surface area contributed by atoms with Crippen LogP contribution in [0.5, 0.6) is 11.5 Å². The molecule has 0 aromatic heterocycles. The van der Waals surface area contributed by atoms with Crippen molar-refractivity contribution in [1.29, 1.82) is 0 Å². The molecule has 4 amide bonds. The Morgan fingerprint density at radius 1 is 0.671 bits per heavy atom. The molecule has 1 heterocycles. The lowest BCUT2D eigenvalue weighted by molar-refractivity contribution is -0.145. The fourth-order valence-corrected chi connectivity index (χ4v) is 12.7. The number of unbranched alkanes of at least 4 members (excludes halogenated alkanes) is 4. The largest absolute Gasteiger partial charge is 0.497 e. The third kappa shape index (κ3) is 20.7. The number of carbonyl (C=O) groups excluding carboxylic acids is 5. The van der Waals surface area contributed by atoms with E-state index in [1.54, 1.807) is 42.7 Å². The van der Waals surface area contributed by atoms with Crippen molar-refractivity contribution in [3.8, 4) is 11.5 Å². The molecule has 0 spiro atoms. The van der Waals surface area contributed by atoms with E-state index >= 15 is 0 Å². The second-order valence-corrected chi connectivity index (χ2v) is 29.9. The van der Waals surface area contributed by atoms with Crippen LogP contribution >= 0.6 is 21.6 Å². The second kappa shape index (κ2) is 31.7. The molecule has 17 heteroatoms. The molecule has 0 saturated carbocycles. The summed E-state index contributed by atoms with van der Waals surface area (Å²) in [5.41, 5.74) is 1.81. The monoisotopic (exact) mass is 1110 g/mol. The highest BCUT2D eigenvalue weighted by atomic mass is 33.1. The van der Waals surface area contributed by atoms with Crippen LogP contribution in [0.15, 0.2) is 78.9 Å². The maximum atomic E-state index is 14.3. The highest BCUT2D eigenvalue weighted by Crippen LogP contribution is 2.44. The number of methoxy groups -OCH3 is 3. The molecule has 14 nitrogen and oxygen atoms in total. The summed E-state index contributed by atoms with van der Waals surface area (Å²) >= 11 is 0. The first-order valence-electron chi connectivity index (χ1n) is 27.3. The molecule has 1 aliphatic rings. The summed E-state index contributed by atoms with van der Waals surface area (Å²) in [6.07, 6.45) is 7.96. The topological polar surface area (TPSA) is 171 Å². The molecule has 0 aliphatic carbocycles. The summed E-state index contributed by atoms with van der Waals surface area (Å²) in [5.74, 6) is 1.69. The molecule has 76 heavy (non-hydrogen) atoms.